The van der Waals surface area contributed by atoms with Gasteiger partial charge in [0, 0.05) is 19.7 Å². The molecule has 0 bridgehead atoms. The number of thioether (sulfide) groups is 1. The van der Waals surface area contributed by atoms with Gasteiger partial charge in [-0.15, -0.1) is 11.8 Å². The molecule has 0 aliphatic rings. The van der Waals surface area contributed by atoms with Crippen molar-refractivity contribution in [2.24, 2.45) is 0 Å². The van der Waals surface area contributed by atoms with E-state index in [1.54, 1.807) is 30.8 Å². The SMILES string of the molecule is CS/C=C/c1c(-c2ccc(C)cc2)c(C(=O)N(C)C)nn1-c1ccc(C)cc1. The maximum atomic E-state index is 13.0. The van der Waals surface area contributed by atoms with E-state index in [4.69, 9.17) is 5.10 Å². The van der Waals surface area contributed by atoms with Crippen LogP contribution in [0.15, 0.2) is 53.9 Å². The summed E-state index contributed by atoms with van der Waals surface area (Å²) in [5.41, 5.74) is 6.47. The third-order valence-corrected chi connectivity index (χ3v) is 4.92. The number of carbonyl (C=O) groups excluding carboxylic acids is 1. The Balaban J connectivity index is 2.32. The van der Waals surface area contributed by atoms with Crippen LogP contribution >= 0.6 is 11.8 Å². The number of rotatable bonds is 5. The van der Waals surface area contributed by atoms with Gasteiger partial charge in [-0.2, -0.15) is 5.10 Å². The molecule has 0 aliphatic heterocycles. The summed E-state index contributed by atoms with van der Waals surface area (Å²) in [6, 6.07) is 16.4. The van der Waals surface area contributed by atoms with Gasteiger partial charge in [-0.1, -0.05) is 47.5 Å². The van der Waals surface area contributed by atoms with Crippen LogP contribution in [-0.4, -0.2) is 40.9 Å². The Hall–Kier alpha value is -2.79. The van der Waals surface area contributed by atoms with Gasteiger partial charge in [0.15, 0.2) is 5.69 Å². The van der Waals surface area contributed by atoms with Gasteiger partial charge in [0.2, 0.25) is 0 Å². The quantitative estimate of drug-likeness (QED) is 0.601. The van der Waals surface area contributed by atoms with Crippen LogP contribution < -0.4 is 0 Å². The molecule has 1 aromatic heterocycles. The van der Waals surface area contributed by atoms with Crippen molar-refractivity contribution in [3.8, 4) is 16.8 Å². The fourth-order valence-electron chi connectivity index (χ4n) is 2.97. The molecule has 0 saturated heterocycles. The van der Waals surface area contributed by atoms with Crippen LogP contribution in [0.2, 0.25) is 0 Å². The van der Waals surface area contributed by atoms with Crippen molar-refractivity contribution in [3.05, 3.63) is 76.5 Å². The Kier molecular flexibility index (Phi) is 6.05. The molecule has 1 heterocycles. The largest absolute Gasteiger partial charge is 0.343 e. The van der Waals surface area contributed by atoms with Gasteiger partial charge in [0.05, 0.1) is 11.4 Å². The molecule has 1 amide bonds. The molecule has 2 aromatic carbocycles. The molecule has 0 N–H and O–H groups in total. The first-order valence-corrected chi connectivity index (χ1v) is 10.4. The highest BCUT2D eigenvalue weighted by atomic mass is 32.2. The van der Waals surface area contributed by atoms with Gasteiger partial charge in [0.1, 0.15) is 0 Å². The Morgan fingerprint density at radius 3 is 2.11 bits per heavy atom. The third kappa shape index (κ3) is 4.04. The smallest absolute Gasteiger partial charge is 0.274 e. The van der Waals surface area contributed by atoms with E-state index in [1.165, 1.54) is 11.1 Å². The summed E-state index contributed by atoms with van der Waals surface area (Å²) in [5.74, 6) is -0.111. The molecule has 0 aliphatic carbocycles. The average Bonchev–Trinajstić information content (AvgIpc) is 3.06. The van der Waals surface area contributed by atoms with E-state index < -0.39 is 0 Å². The molecule has 0 atom stereocenters. The number of aryl methyl sites for hydroxylation is 2. The maximum Gasteiger partial charge on any atom is 0.274 e. The monoisotopic (exact) mass is 391 g/mol. The molecular weight excluding hydrogens is 366 g/mol. The van der Waals surface area contributed by atoms with Crippen LogP contribution in [0.5, 0.6) is 0 Å². The fourth-order valence-corrected chi connectivity index (χ4v) is 3.23. The zero-order valence-electron chi connectivity index (χ0n) is 16.9. The molecule has 0 unspecified atom stereocenters. The zero-order valence-corrected chi connectivity index (χ0v) is 17.7. The van der Waals surface area contributed by atoms with Crippen molar-refractivity contribution < 1.29 is 4.79 Å². The Bertz CT molecular complexity index is 1000. The van der Waals surface area contributed by atoms with E-state index in [2.05, 4.69) is 50.2 Å². The lowest BCUT2D eigenvalue weighted by Crippen LogP contribution is -2.23. The van der Waals surface area contributed by atoms with Crippen molar-refractivity contribution in [2.45, 2.75) is 13.8 Å². The molecule has 3 aromatic rings. The second kappa shape index (κ2) is 8.48. The lowest BCUT2D eigenvalue weighted by molar-refractivity contribution is 0.0822. The topological polar surface area (TPSA) is 38.1 Å². The molecular formula is C23H25N3OS. The standard InChI is InChI=1S/C23H25N3OS/c1-16-6-10-18(11-7-16)21-20(14-15-28-5)26(19-12-8-17(2)9-13-19)24-22(21)23(27)25(3)4/h6-15H,1-5H3/b15-14+. The predicted molar refractivity (Wildman–Crippen MR) is 119 cm³/mol. The van der Waals surface area contributed by atoms with Gasteiger partial charge in [0.25, 0.3) is 5.91 Å². The van der Waals surface area contributed by atoms with Crippen LogP contribution in [-0.2, 0) is 0 Å². The average molecular weight is 392 g/mol. The predicted octanol–water partition coefficient (Wildman–Crippen LogP) is 5.19. The summed E-state index contributed by atoms with van der Waals surface area (Å²) in [6.07, 6.45) is 4.04. The van der Waals surface area contributed by atoms with E-state index in [1.807, 2.05) is 34.6 Å². The van der Waals surface area contributed by atoms with Gasteiger partial charge in [-0.25, -0.2) is 4.68 Å². The zero-order chi connectivity index (χ0) is 20.3. The highest BCUT2D eigenvalue weighted by Crippen LogP contribution is 2.32. The molecule has 0 saturated carbocycles. The number of nitrogens with zero attached hydrogens (tertiary/aromatic N) is 3. The minimum atomic E-state index is -0.111. The number of carbonyl (C=O) groups is 1. The highest BCUT2D eigenvalue weighted by Gasteiger charge is 2.24. The number of amides is 1. The molecule has 144 valence electrons. The van der Waals surface area contributed by atoms with E-state index in [0.717, 1.165) is 22.5 Å². The van der Waals surface area contributed by atoms with Gasteiger partial charge >= 0.3 is 0 Å². The Labute approximate surface area is 170 Å². The van der Waals surface area contributed by atoms with Crippen molar-refractivity contribution in [1.82, 2.24) is 14.7 Å². The summed E-state index contributed by atoms with van der Waals surface area (Å²) in [7, 11) is 3.51. The van der Waals surface area contributed by atoms with Crippen molar-refractivity contribution in [2.75, 3.05) is 20.4 Å². The number of hydrogen-bond donors (Lipinski definition) is 0. The second-order valence-corrected chi connectivity index (χ2v) is 7.70. The lowest BCUT2D eigenvalue weighted by atomic mass is 10.0. The first-order chi connectivity index (χ1) is 13.4. The maximum absolute atomic E-state index is 13.0. The summed E-state index contributed by atoms with van der Waals surface area (Å²) in [5, 5.41) is 6.77. The van der Waals surface area contributed by atoms with Crippen molar-refractivity contribution in [3.63, 3.8) is 0 Å². The molecule has 5 heteroatoms. The number of hydrogen-bond acceptors (Lipinski definition) is 3. The number of benzene rings is 2. The van der Waals surface area contributed by atoms with Crippen LogP contribution in [0.25, 0.3) is 22.9 Å². The molecule has 0 fully saturated rings. The Morgan fingerprint density at radius 2 is 1.57 bits per heavy atom. The van der Waals surface area contributed by atoms with Gasteiger partial charge in [-0.05, 0) is 49.3 Å². The summed E-state index contributed by atoms with van der Waals surface area (Å²) >= 11 is 1.62. The molecule has 28 heavy (non-hydrogen) atoms. The molecule has 4 nitrogen and oxygen atoms in total. The van der Waals surface area contributed by atoms with Crippen LogP contribution in [0, 0.1) is 13.8 Å². The van der Waals surface area contributed by atoms with Crippen LogP contribution in [0.1, 0.15) is 27.3 Å². The van der Waals surface area contributed by atoms with Crippen molar-refractivity contribution >= 4 is 23.7 Å². The number of aromatic nitrogens is 2. The molecule has 0 radical (unpaired) electrons. The highest BCUT2D eigenvalue weighted by molar-refractivity contribution is 8.01. The fraction of sp³-hybridized carbons (Fsp3) is 0.217. The Morgan fingerprint density at radius 1 is 1.00 bits per heavy atom. The summed E-state index contributed by atoms with van der Waals surface area (Å²) in [4.78, 5) is 14.5. The lowest BCUT2D eigenvalue weighted by Gasteiger charge is -2.10. The molecule has 3 rings (SSSR count). The minimum Gasteiger partial charge on any atom is -0.343 e. The normalized spacial score (nSPS) is 11.2. The van der Waals surface area contributed by atoms with Crippen molar-refractivity contribution in [1.29, 1.82) is 0 Å². The van der Waals surface area contributed by atoms with E-state index in [0.29, 0.717) is 5.69 Å². The van der Waals surface area contributed by atoms with Crippen LogP contribution in [0.3, 0.4) is 0 Å². The van der Waals surface area contributed by atoms with Crippen LogP contribution in [0.4, 0.5) is 0 Å². The van der Waals surface area contributed by atoms with Gasteiger partial charge in [-0.3, -0.25) is 4.79 Å². The summed E-state index contributed by atoms with van der Waals surface area (Å²) < 4.78 is 1.86. The second-order valence-electron chi connectivity index (χ2n) is 6.96. The first kappa shape index (κ1) is 20.0. The summed E-state index contributed by atoms with van der Waals surface area (Å²) in [6.45, 7) is 4.11. The van der Waals surface area contributed by atoms with E-state index in [9.17, 15) is 4.79 Å². The minimum absolute atomic E-state index is 0.111. The van der Waals surface area contributed by atoms with Gasteiger partial charge < -0.3 is 4.90 Å². The first-order valence-electron chi connectivity index (χ1n) is 9.10. The van der Waals surface area contributed by atoms with E-state index >= 15 is 0 Å². The van der Waals surface area contributed by atoms with E-state index in [-0.39, 0.29) is 5.91 Å². The third-order valence-electron chi connectivity index (χ3n) is 4.51. The molecule has 0 spiro atoms.